The molecule has 0 spiro atoms. The third-order valence-corrected chi connectivity index (χ3v) is 3.86. The molecule has 3 nitrogen and oxygen atoms in total. The van der Waals surface area contributed by atoms with E-state index in [-0.39, 0.29) is 6.04 Å². The number of hydrogen-bond acceptors (Lipinski definition) is 4. The van der Waals surface area contributed by atoms with Crippen molar-refractivity contribution in [2.75, 3.05) is 5.32 Å². The summed E-state index contributed by atoms with van der Waals surface area (Å²) in [7, 11) is 0. The first-order chi connectivity index (χ1) is 9.65. The molecule has 20 heavy (non-hydrogen) atoms. The molecule has 0 fully saturated rings. The second-order valence-electron chi connectivity index (χ2n) is 4.39. The average Bonchev–Trinajstić information content (AvgIpc) is 2.87. The highest BCUT2D eigenvalue weighted by Gasteiger charge is 2.14. The highest BCUT2D eigenvalue weighted by molar-refractivity contribution is 7.16. The van der Waals surface area contributed by atoms with Crippen LogP contribution < -0.4 is 5.32 Å². The van der Waals surface area contributed by atoms with Crippen LogP contribution in [0.1, 0.15) is 18.5 Å². The van der Waals surface area contributed by atoms with Crippen LogP contribution in [-0.2, 0) is 0 Å². The molecule has 0 aliphatic rings. The molecule has 1 N–H and O–H groups in total. The van der Waals surface area contributed by atoms with Gasteiger partial charge in [0.1, 0.15) is 28.6 Å². The van der Waals surface area contributed by atoms with Gasteiger partial charge in [-0.05, 0) is 24.4 Å². The maximum atomic E-state index is 13.7. The van der Waals surface area contributed by atoms with Crippen LogP contribution in [0.2, 0.25) is 0 Å². The van der Waals surface area contributed by atoms with Gasteiger partial charge < -0.3 is 5.32 Å². The van der Waals surface area contributed by atoms with E-state index in [4.69, 9.17) is 0 Å². The molecule has 1 aromatic carbocycles. The molecule has 1 atom stereocenters. The van der Waals surface area contributed by atoms with Crippen LogP contribution >= 0.6 is 11.3 Å². The van der Waals surface area contributed by atoms with Crippen molar-refractivity contribution in [2.24, 2.45) is 0 Å². The summed E-state index contributed by atoms with van der Waals surface area (Å²) in [5.41, 5.74) is 0.397. The number of anilines is 1. The lowest BCUT2D eigenvalue weighted by Gasteiger charge is -2.16. The van der Waals surface area contributed by atoms with Crippen molar-refractivity contribution in [3.63, 3.8) is 0 Å². The van der Waals surface area contributed by atoms with E-state index in [1.165, 1.54) is 29.8 Å². The van der Waals surface area contributed by atoms with Gasteiger partial charge in [-0.3, -0.25) is 0 Å². The number of nitrogens with one attached hydrogen (secondary N) is 1. The van der Waals surface area contributed by atoms with Crippen LogP contribution in [-0.4, -0.2) is 9.97 Å². The lowest BCUT2D eigenvalue weighted by molar-refractivity contribution is 0.566. The van der Waals surface area contributed by atoms with Crippen molar-refractivity contribution in [3.8, 4) is 0 Å². The second kappa shape index (κ2) is 5.13. The first-order valence-electron chi connectivity index (χ1n) is 6.05. The summed E-state index contributed by atoms with van der Waals surface area (Å²) in [4.78, 5) is 9.20. The van der Waals surface area contributed by atoms with Gasteiger partial charge in [-0.25, -0.2) is 18.7 Å². The highest BCUT2D eigenvalue weighted by atomic mass is 32.1. The molecule has 3 rings (SSSR count). The lowest BCUT2D eigenvalue weighted by Crippen LogP contribution is -2.10. The van der Waals surface area contributed by atoms with E-state index < -0.39 is 11.6 Å². The van der Waals surface area contributed by atoms with Gasteiger partial charge in [-0.15, -0.1) is 11.3 Å². The number of thiophene rings is 1. The fraction of sp³-hybridized carbons (Fsp3) is 0.143. The molecule has 102 valence electrons. The quantitative estimate of drug-likeness (QED) is 0.788. The lowest BCUT2D eigenvalue weighted by atomic mass is 10.1. The molecule has 0 saturated heterocycles. The maximum absolute atomic E-state index is 13.7. The first-order valence-corrected chi connectivity index (χ1v) is 6.93. The number of rotatable bonds is 3. The van der Waals surface area contributed by atoms with Gasteiger partial charge in [-0.2, -0.15) is 0 Å². The second-order valence-corrected chi connectivity index (χ2v) is 5.29. The van der Waals surface area contributed by atoms with E-state index in [9.17, 15) is 8.78 Å². The molecule has 0 aliphatic heterocycles. The van der Waals surface area contributed by atoms with Gasteiger partial charge in [0.2, 0.25) is 0 Å². The smallest absolute Gasteiger partial charge is 0.138 e. The van der Waals surface area contributed by atoms with E-state index in [1.54, 1.807) is 6.92 Å². The summed E-state index contributed by atoms with van der Waals surface area (Å²) >= 11 is 1.51. The number of aromatic nitrogens is 2. The number of benzene rings is 1. The molecular weight excluding hydrogens is 280 g/mol. The Hall–Kier alpha value is -2.08. The zero-order valence-electron chi connectivity index (χ0n) is 10.6. The summed E-state index contributed by atoms with van der Waals surface area (Å²) in [6.45, 7) is 1.80. The normalized spacial score (nSPS) is 12.6. The molecule has 0 bridgehead atoms. The van der Waals surface area contributed by atoms with E-state index in [0.717, 1.165) is 16.3 Å². The minimum atomic E-state index is -0.583. The van der Waals surface area contributed by atoms with Crippen LogP contribution in [0.3, 0.4) is 0 Å². The monoisotopic (exact) mass is 291 g/mol. The third kappa shape index (κ3) is 2.34. The highest BCUT2D eigenvalue weighted by Crippen LogP contribution is 2.27. The Morgan fingerprint density at radius 2 is 2.05 bits per heavy atom. The van der Waals surface area contributed by atoms with Crippen molar-refractivity contribution in [2.45, 2.75) is 13.0 Å². The predicted octanol–water partition coefficient (Wildman–Crippen LogP) is 4.14. The molecule has 0 aliphatic carbocycles. The van der Waals surface area contributed by atoms with Crippen molar-refractivity contribution in [3.05, 3.63) is 53.2 Å². The average molecular weight is 291 g/mol. The summed E-state index contributed by atoms with van der Waals surface area (Å²) in [6, 6.07) is 5.16. The molecule has 6 heteroatoms. The number of hydrogen-bond donors (Lipinski definition) is 1. The van der Waals surface area contributed by atoms with E-state index in [0.29, 0.717) is 11.4 Å². The molecule has 0 amide bonds. The zero-order valence-corrected chi connectivity index (χ0v) is 11.4. The number of fused-ring (bicyclic) bond motifs is 1. The number of nitrogens with zero attached hydrogens (tertiary/aromatic N) is 2. The van der Waals surface area contributed by atoms with Crippen molar-refractivity contribution >= 4 is 27.4 Å². The SMILES string of the molecule is C[C@H](Nc1ncnc2sccc12)c1ccc(F)cc1F. The Kier molecular flexibility index (Phi) is 3.31. The van der Waals surface area contributed by atoms with Crippen LogP contribution in [0.25, 0.3) is 10.2 Å². The molecule has 3 aromatic rings. The van der Waals surface area contributed by atoms with Crippen LogP contribution in [0.5, 0.6) is 0 Å². The summed E-state index contributed by atoms with van der Waals surface area (Å²) in [5, 5.41) is 5.96. The Labute approximate surface area is 118 Å². The molecule has 2 heterocycles. The van der Waals surface area contributed by atoms with Gasteiger partial charge in [0.15, 0.2) is 0 Å². The van der Waals surface area contributed by atoms with Crippen LogP contribution in [0.15, 0.2) is 36.0 Å². The minimum absolute atomic E-state index is 0.325. The summed E-state index contributed by atoms with van der Waals surface area (Å²) < 4.78 is 26.7. The first kappa shape index (κ1) is 12.9. The van der Waals surface area contributed by atoms with Crippen molar-refractivity contribution in [1.82, 2.24) is 9.97 Å². The standard InChI is InChI=1S/C14H11F2N3S/c1-8(10-3-2-9(15)6-12(10)16)19-13-11-4-5-20-14(11)18-7-17-13/h2-8H,1H3,(H,17,18,19)/t8-/m0/s1. The Morgan fingerprint density at radius 1 is 1.20 bits per heavy atom. The topological polar surface area (TPSA) is 37.8 Å². The summed E-state index contributed by atoms with van der Waals surface area (Å²) in [6.07, 6.45) is 1.47. The van der Waals surface area contributed by atoms with Crippen LogP contribution in [0, 0.1) is 11.6 Å². The van der Waals surface area contributed by atoms with Gasteiger partial charge >= 0.3 is 0 Å². The zero-order chi connectivity index (χ0) is 14.1. The Balaban J connectivity index is 1.92. The third-order valence-electron chi connectivity index (χ3n) is 3.04. The van der Waals surface area contributed by atoms with Gasteiger partial charge in [0.25, 0.3) is 0 Å². The molecule has 0 radical (unpaired) electrons. The fourth-order valence-corrected chi connectivity index (χ4v) is 2.77. The Morgan fingerprint density at radius 3 is 2.85 bits per heavy atom. The van der Waals surface area contributed by atoms with E-state index in [2.05, 4.69) is 15.3 Å². The van der Waals surface area contributed by atoms with E-state index in [1.807, 2.05) is 11.4 Å². The van der Waals surface area contributed by atoms with Crippen LogP contribution in [0.4, 0.5) is 14.6 Å². The Bertz CT molecular complexity index is 757. The molecule has 0 unspecified atom stereocenters. The van der Waals surface area contributed by atoms with Crippen molar-refractivity contribution in [1.29, 1.82) is 0 Å². The number of halogens is 2. The largest absolute Gasteiger partial charge is 0.363 e. The maximum Gasteiger partial charge on any atom is 0.138 e. The molecule has 0 saturated carbocycles. The van der Waals surface area contributed by atoms with Gasteiger partial charge in [-0.1, -0.05) is 6.07 Å². The fourth-order valence-electron chi connectivity index (χ4n) is 2.04. The molecular formula is C14H11F2N3S. The van der Waals surface area contributed by atoms with Gasteiger partial charge in [0.05, 0.1) is 11.4 Å². The predicted molar refractivity (Wildman–Crippen MR) is 75.8 cm³/mol. The van der Waals surface area contributed by atoms with E-state index >= 15 is 0 Å². The molecule has 2 aromatic heterocycles. The van der Waals surface area contributed by atoms with Gasteiger partial charge in [0, 0.05) is 11.6 Å². The van der Waals surface area contributed by atoms with Crippen molar-refractivity contribution < 1.29 is 8.78 Å². The summed E-state index contributed by atoms with van der Waals surface area (Å²) in [5.74, 6) is -0.506. The minimum Gasteiger partial charge on any atom is -0.363 e.